The summed E-state index contributed by atoms with van der Waals surface area (Å²) in [7, 11) is 0. The molecule has 0 unspecified atom stereocenters. The Bertz CT molecular complexity index is 799. The molecule has 0 saturated carbocycles. The molecule has 1 amide bonds. The minimum atomic E-state index is -0.557. The molecule has 1 aromatic heterocycles. The summed E-state index contributed by atoms with van der Waals surface area (Å²) in [6.45, 7) is 2.48. The number of rotatable bonds is 8. The molecule has 134 valence electrons. The van der Waals surface area contributed by atoms with E-state index in [0.717, 1.165) is 19.3 Å². The molecule has 0 aliphatic carbocycles. The number of nitrogens with one attached hydrogen (secondary N) is 1. The van der Waals surface area contributed by atoms with E-state index < -0.39 is 11.9 Å². The van der Waals surface area contributed by atoms with Crippen LogP contribution in [0.5, 0.6) is 0 Å². The zero-order valence-electron chi connectivity index (χ0n) is 14.5. The van der Waals surface area contributed by atoms with Crippen LogP contribution in [-0.2, 0) is 9.53 Å². The molecule has 1 heterocycles. The lowest BCUT2D eigenvalue weighted by atomic mass is 10.2. The van der Waals surface area contributed by atoms with E-state index in [4.69, 9.17) is 14.4 Å². The molecule has 0 atom stereocenters. The Morgan fingerprint density at radius 1 is 1.23 bits per heavy atom. The summed E-state index contributed by atoms with van der Waals surface area (Å²) in [5.74, 6) is -0.536. The van der Waals surface area contributed by atoms with Gasteiger partial charge in [-0.15, -0.1) is 0 Å². The van der Waals surface area contributed by atoms with Crippen LogP contribution in [0.1, 0.15) is 42.3 Å². The van der Waals surface area contributed by atoms with Crippen LogP contribution in [-0.4, -0.2) is 18.5 Å². The summed E-state index contributed by atoms with van der Waals surface area (Å²) in [6, 6.07) is 11.5. The van der Waals surface area contributed by atoms with Crippen molar-refractivity contribution in [1.29, 1.82) is 5.26 Å². The molecule has 1 N–H and O–H groups in total. The third-order valence-electron chi connectivity index (χ3n) is 3.55. The summed E-state index contributed by atoms with van der Waals surface area (Å²) in [6.07, 6.45) is 5.74. The fourth-order valence-electron chi connectivity index (χ4n) is 2.15. The number of hydrogen-bond donors (Lipinski definition) is 1. The number of carbonyl (C=O) groups is 2. The van der Waals surface area contributed by atoms with Crippen molar-refractivity contribution in [1.82, 2.24) is 0 Å². The molecule has 0 saturated heterocycles. The fourth-order valence-corrected chi connectivity index (χ4v) is 2.15. The molecule has 0 spiro atoms. The molecule has 0 fully saturated rings. The first-order chi connectivity index (χ1) is 12.6. The van der Waals surface area contributed by atoms with Gasteiger partial charge in [0.1, 0.15) is 17.4 Å². The molecule has 2 rings (SSSR count). The number of benzene rings is 1. The SMILES string of the molecule is CCCCCOC(=O)c1ccc(NC(=O)C(C#N)=Cc2ccco2)cc1. The second-order valence-electron chi connectivity index (χ2n) is 5.56. The second-order valence-corrected chi connectivity index (χ2v) is 5.56. The van der Waals surface area contributed by atoms with Gasteiger partial charge < -0.3 is 14.5 Å². The van der Waals surface area contributed by atoms with E-state index >= 15 is 0 Å². The van der Waals surface area contributed by atoms with Crippen LogP contribution in [0.3, 0.4) is 0 Å². The van der Waals surface area contributed by atoms with E-state index in [9.17, 15) is 9.59 Å². The van der Waals surface area contributed by atoms with Crippen molar-refractivity contribution in [2.75, 3.05) is 11.9 Å². The van der Waals surface area contributed by atoms with E-state index in [1.807, 2.05) is 6.07 Å². The van der Waals surface area contributed by atoms with Crippen molar-refractivity contribution >= 4 is 23.6 Å². The third-order valence-corrected chi connectivity index (χ3v) is 3.55. The van der Waals surface area contributed by atoms with Crippen LogP contribution < -0.4 is 5.32 Å². The van der Waals surface area contributed by atoms with Crippen molar-refractivity contribution in [3.63, 3.8) is 0 Å². The van der Waals surface area contributed by atoms with Crippen molar-refractivity contribution < 1.29 is 18.7 Å². The van der Waals surface area contributed by atoms with Crippen molar-refractivity contribution in [2.24, 2.45) is 0 Å². The number of esters is 1. The molecule has 0 aliphatic heterocycles. The standard InChI is InChI=1S/C20H20N2O4/c1-2-3-4-11-26-20(24)15-7-9-17(10-8-15)22-19(23)16(14-21)13-18-6-5-12-25-18/h5-10,12-13H,2-4,11H2,1H3,(H,22,23). The highest BCUT2D eigenvalue weighted by Gasteiger charge is 2.11. The smallest absolute Gasteiger partial charge is 0.338 e. The Hall–Kier alpha value is -3.33. The lowest BCUT2D eigenvalue weighted by Gasteiger charge is -2.07. The van der Waals surface area contributed by atoms with Crippen molar-refractivity contribution in [2.45, 2.75) is 26.2 Å². The number of ether oxygens (including phenoxy) is 1. The molecule has 6 nitrogen and oxygen atoms in total. The van der Waals surface area contributed by atoms with Crippen LogP contribution >= 0.6 is 0 Å². The number of nitriles is 1. The summed E-state index contributed by atoms with van der Waals surface area (Å²) >= 11 is 0. The van der Waals surface area contributed by atoms with Gasteiger partial charge in [0, 0.05) is 11.8 Å². The minimum absolute atomic E-state index is 0.0839. The first kappa shape index (κ1) is 19.0. The first-order valence-corrected chi connectivity index (χ1v) is 8.38. The van der Waals surface area contributed by atoms with Gasteiger partial charge in [-0.05, 0) is 42.8 Å². The van der Waals surface area contributed by atoms with Gasteiger partial charge in [-0.1, -0.05) is 19.8 Å². The van der Waals surface area contributed by atoms with Crippen LogP contribution in [0.25, 0.3) is 6.08 Å². The number of furan rings is 1. The Morgan fingerprint density at radius 2 is 2.00 bits per heavy atom. The summed E-state index contributed by atoms with van der Waals surface area (Å²) in [5.41, 5.74) is 0.795. The maximum Gasteiger partial charge on any atom is 0.338 e. The second kappa shape index (κ2) is 9.84. The van der Waals surface area contributed by atoms with E-state index in [1.165, 1.54) is 12.3 Å². The molecular weight excluding hydrogens is 332 g/mol. The zero-order chi connectivity index (χ0) is 18.8. The van der Waals surface area contributed by atoms with E-state index in [2.05, 4.69) is 12.2 Å². The lowest BCUT2D eigenvalue weighted by Crippen LogP contribution is -2.13. The monoisotopic (exact) mass is 352 g/mol. The molecule has 6 heteroatoms. The Labute approximate surface area is 152 Å². The van der Waals surface area contributed by atoms with E-state index in [1.54, 1.807) is 36.4 Å². The Morgan fingerprint density at radius 3 is 2.62 bits per heavy atom. The highest BCUT2D eigenvalue weighted by molar-refractivity contribution is 6.09. The molecular formula is C20H20N2O4. The lowest BCUT2D eigenvalue weighted by molar-refractivity contribution is -0.112. The fraction of sp³-hybridized carbons (Fsp3) is 0.250. The molecule has 0 radical (unpaired) electrons. The molecule has 26 heavy (non-hydrogen) atoms. The van der Waals surface area contributed by atoms with E-state index in [-0.39, 0.29) is 5.57 Å². The predicted octanol–water partition coefficient (Wildman–Crippen LogP) is 4.17. The normalized spacial score (nSPS) is 10.8. The summed E-state index contributed by atoms with van der Waals surface area (Å²) < 4.78 is 10.3. The van der Waals surface area contributed by atoms with Crippen LogP contribution in [0.2, 0.25) is 0 Å². The van der Waals surface area contributed by atoms with Gasteiger partial charge >= 0.3 is 5.97 Å². The van der Waals surface area contributed by atoms with Gasteiger partial charge in [-0.25, -0.2) is 4.79 Å². The predicted molar refractivity (Wildman–Crippen MR) is 97.2 cm³/mol. The zero-order valence-corrected chi connectivity index (χ0v) is 14.5. The quantitative estimate of drug-likeness (QED) is 0.333. The van der Waals surface area contributed by atoms with Gasteiger partial charge in [0.25, 0.3) is 5.91 Å². The van der Waals surface area contributed by atoms with Crippen LogP contribution in [0, 0.1) is 11.3 Å². The molecule has 0 bridgehead atoms. The Balaban J connectivity index is 1.95. The largest absolute Gasteiger partial charge is 0.465 e. The average Bonchev–Trinajstić information content (AvgIpc) is 3.17. The Kier molecular flexibility index (Phi) is 7.19. The number of amides is 1. The minimum Gasteiger partial charge on any atom is -0.465 e. The third kappa shape index (κ3) is 5.64. The number of unbranched alkanes of at least 4 members (excludes halogenated alkanes) is 2. The highest BCUT2D eigenvalue weighted by Crippen LogP contribution is 2.14. The van der Waals surface area contributed by atoms with Gasteiger partial charge in [-0.2, -0.15) is 5.26 Å². The molecule has 1 aromatic carbocycles. The van der Waals surface area contributed by atoms with E-state index in [0.29, 0.717) is 23.6 Å². The van der Waals surface area contributed by atoms with Crippen LogP contribution in [0.15, 0.2) is 52.7 Å². The molecule has 0 aliphatic rings. The van der Waals surface area contributed by atoms with Crippen molar-refractivity contribution in [3.8, 4) is 6.07 Å². The van der Waals surface area contributed by atoms with Gasteiger partial charge in [-0.3, -0.25) is 4.79 Å². The first-order valence-electron chi connectivity index (χ1n) is 8.38. The number of carbonyl (C=O) groups excluding carboxylic acids is 2. The topological polar surface area (TPSA) is 92.3 Å². The maximum atomic E-state index is 12.2. The average molecular weight is 352 g/mol. The highest BCUT2D eigenvalue weighted by atomic mass is 16.5. The van der Waals surface area contributed by atoms with Gasteiger partial charge in [0.15, 0.2) is 0 Å². The summed E-state index contributed by atoms with van der Waals surface area (Å²) in [5, 5.41) is 11.7. The summed E-state index contributed by atoms with van der Waals surface area (Å²) in [4.78, 5) is 24.1. The van der Waals surface area contributed by atoms with Crippen LogP contribution in [0.4, 0.5) is 5.69 Å². The van der Waals surface area contributed by atoms with Crippen molar-refractivity contribution in [3.05, 3.63) is 59.6 Å². The number of anilines is 1. The number of hydrogen-bond acceptors (Lipinski definition) is 5. The molecule has 2 aromatic rings. The maximum absolute atomic E-state index is 12.2. The van der Waals surface area contributed by atoms with Gasteiger partial charge in [0.05, 0.1) is 18.4 Å². The number of nitrogens with zero attached hydrogens (tertiary/aromatic N) is 1. The van der Waals surface area contributed by atoms with Gasteiger partial charge in [0.2, 0.25) is 0 Å².